The van der Waals surface area contributed by atoms with Crippen molar-refractivity contribution >= 4 is 68.3 Å². The number of thiocarbonyl (C=S) groups is 1. The molecule has 0 atom stereocenters. The maximum absolute atomic E-state index is 5.44. The van der Waals surface area contributed by atoms with E-state index in [0.717, 1.165) is 10.4 Å². The first-order valence-corrected chi connectivity index (χ1v) is 8.37. The van der Waals surface area contributed by atoms with Crippen LogP contribution in [0.25, 0.3) is 6.08 Å². The summed E-state index contributed by atoms with van der Waals surface area (Å²) in [4.78, 5) is 0.870. The Bertz CT molecular complexity index is 628. The predicted molar refractivity (Wildman–Crippen MR) is 104 cm³/mol. The molecule has 0 saturated carbocycles. The predicted octanol–water partition coefficient (Wildman–Crippen LogP) is 5.64. The summed E-state index contributed by atoms with van der Waals surface area (Å²) in [6, 6.07) is 14.7. The molecule has 0 spiro atoms. The van der Waals surface area contributed by atoms with Crippen molar-refractivity contribution in [3.63, 3.8) is 0 Å². The zero-order chi connectivity index (χ0) is 13.8. The van der Waals surface area contributed by atoms with Crippen LogP contribution >= 0.6 is 57.4 Å². The Morgan fingerprint density at radius 3 is 2.37 bits per heavy atom. The van der Waals surface area contributed by atoms with E-state index in [1.807, 2.05) is 6.08 Å². The molecule has 2 rings (SSSR count). The molecular formula is C16H12I2S. The molecule has 0 aliphatic heterocycles. The highest BCUT2D eigenvalue weighted by atomic mass is 127. The van der Waals surface area contributed by atoms with Crippen LogP contribution in [0.1, 0.15) is 16.7 Å². The average molecular weight is 490 g/mol. The molecule has 2 aromatic rings. The van der Waals surface area contributed by atoms with Crippen molar-refractivity contribution in [3.05, 3.63) is 72.4 Å². The molecule has 3 heteroatoms. The lowest BCUT2D eigenvalue weighted by atomic mass is 10.1. The van der Waals surface area contributed by atoms with Crippen molar-refractivity contribution < 1.29 is 0 Å². The molecule has 0 radical (unpaired) electrons. The number of hydrogen-bond donors (Lipinski definition) is 0. The van der Waals surface area contributed by atoms with E-state index < -0.39 is 0 Å². The summed E-state index contributed by atoms with van der Waals surface area (Å²) in [5, 5.41) is 0. The van der Waals surface area contributed by atoms with Gasteiger partial charge in [-0.2, -0.15) is 0 Å². The van der Waals surface area contributed by atoms with Gasteiger partial charge < -0.3 is 0 Å². The lowest BCUT2D eigenvalue weighted by Gasteiger charge is -2.01. The standard InChI is InChI=1S/C16H12I2S/c1-11-2-4-13(5-3-11)16(19)9-7-12-6-8-14(17)10-15(12)18/h2-10H,1H3. The van der Waals surface area contributed by atoms with Crippen LogP contribution in [-0.4, -0.2) is 4.86 Å². The number of halogens is 2. The first kappa shape index (κ1) is 15.1. The molecule has 2 aromatic carbocycles. The van der Waals surface area contributed by atoms with Crippen LogP contribution in [0.2, 0.25) is 0 Å². The Kier molecular flexibility index (Phi) is 5.53. The van der Waals surface area contributed by atoms with E-state index >= 15 is 0 Å². The molecule has 0 amide bonds. The smallest absolute Gasteiger partial charge is 0.0449 e. The fraction of sp³-hybridized carbons (Fsp3) is 0.0625. The van der Waals surface area contributed by atoms with Crippen LogP contribution in [0.3, 0.4) is 0 Å². The Balaban J connectivity index is 2.18. The second kappa shape index (κ2) is 6.95. The molecule has 0 unspecified atom stereocenters. The topological polar surface area (TPSA) is 0 Å². The van der Waals surface area contributed by atoms with Gasteiger partial charge in [0.15, 0.2) is 0 Å². The zero-order valence-corrected chi connectivity index (χ0v) is 15.5. The first-order chi connectivity index (χ1) is 9.06. The van der Waals surface area contributed by atoms with Crippen molar-refractivity contribution in [2.75, 3.05) is 0 Å². The molecule has 0 N–H and O–H groups in total. The number of hydrogen-bond acceptors (Lipinski definition) is 1. The lowest BCUT2D eigenvalue weighted by molar-refractivity contribution is 1.47. The van der Waals surface area contributed by atoms with E-state index in [1.165, 1.54) is 18.3 Å². The summed E-state index contributed by atoms with van der Waals surface area (Å²) < 4.78 is 2.49. The molecule has 96 valence electrons. The van der Waals surface area contributed by atoms with Gasteiger partial charge in [-0.3, -0.25) is 0 Å². The van der Waals surface area contributed by atoms with E-state index in [9.17, 15) is 0 Å². The monoisotopic (exact) mass is 490 g/mol. The quantitative estimate of drug-likeness (QED) is 0.233. The summed E-state index contributed by atoms with van der Waals surface area (Å²) in [5.41, 5.74) is 3.55. The minimum absolute atomic E-state index is 0.870. The van der Waals surface area contributed by atoms with Gasteiger partial charge in [0.2, 0.25) is 0 Å². The lowest BCUT2D eigenvalue weighted by Crippen LogP contribution is -1.92. The third-order valence-electron chi connectivity index (χ3n) is 2.71. The minimum Gasteiger partial charge on any atom is -0.0795 e. The van der Waals surface area contributed by atoms with Crippen molar-refractivity contribution in [1.82, 2.24) is 0 Å². The zero-order valence-electron chi connectivity index (χ0n) is 10.4. The van der Waals surface area contributed by atoms with E-state index in [0.29, 0.717) is 0 Å². The van der Waals surface area contributed by atoms with Gasteiger partial charge in [0, 0.05) is 12.0 Å². The van der Waals surface area contributed by atoms with Crippen LogP contribution in [0.15, 0.2) is 48.5 Å². The van der Waals surface area contributed by atoms with Crippen molar-refractivity contribution in [3.8, 4) is 0 Å². The van der Waals surface area contributed by atoms with Crippen LogP contribution in [0.5, 0.6) is 0 Å². The fourth-order valence-corrected chi connectivity index (χ4v) is 3.60. The molecule has 0 heterocycles. The number of aryl methyl sites for hydroxylation is 1. The van der Waals surface area contributed by atoms with E-state index in [1.54, 1.807) is 0 Å². The van der Waals surface area contributed by atoms with Gasteiger partial charge in [-0.1, -0.05) is 54.2 Å². The molecule has 19 heavy (non-hydrogen) atoms. The number of rotatable bonds is 3. The SMILES string of the molecule is Cc1ccc(C(=S)C=Cc2ccc(I)cc2I)cc1. The van der Waals surface area contributed by atoms with Crippen LogP contribution in [-0.2, 0) is 0 Å². The van der Waals surface area contributed by atoms with Crippen molar-refractivity contribution in [2.45, 2.75) is 6.92 Å². The summed E-state index contributed by atoms with van der Waals surface area (Å²) in [5.74, 6) is 0. The Morgan fingerprint density at radius 1 is 1.05 bits per heavy atom. The summed E-state index contributed by atoms with van der Waals surface area (Å²) in [7, 11) is 0. The maximum Gasteiger partial charge on any atom is 0.0449 e. The second-order valence-corrected chi connectivity index (χ2v) is 7.08. The number of benzene rings is 2. The van der Waals surface area contributed by atoms with Crippen LogP contribution in [0, 0.1) is 14.1 Å². The van der Waals surface area contributed by atoms with Gasteiger partial charge in [0.1, 0.15) is 0 Å². The Morgan fingerprint density at radius 2 is 1.74 bits per heavy atom. The van der Waals surface area contributed by atoms with Crippen molar-refractivity contribution in [1.29, 1.82) is 0 Å². The highest BCUT2D eigenvalue weighted by Crippen LogP contribution is 2.18. The van der Waals surface area contributed by atoms with Gasteiger partial charge in [0.05, 0.1) is 0 Å². The van der Waals surface area contributed by atoms with Gasteiger partial charge in [-0.15, -0.1) is 0 Å². The minimum atomic E-state index is 0.870. The van der Waals surface area contributed by atoms with Gasteiger partial charge in [-0.05, 0) is 81.4 Å². The van der Waals surface area contributed by atoms with Crippen molar-refractivity contribution in [2.24, 2.45) is 0 Å². The molecule has 0 saturated heterocycles. The molecule has 0 aliphatic carbocycles. The van der Waals surface area contributed by atoms with Gasteiger partial charge >= 0.3 is 0 Å². The first-order valence-electron chi connectivity index (χ1n) is 5.80. The van der Waals surface area contributed by atoms with E-state index in [2.05, 4.69) is 101 Å². The Labute approximate surface area is 146 Å². The molecule has 0 aromatic heterocycles. The van der Waals surface area contributed by atoms with Gasteiger partial charge in [-0.25, -0.2) is 0 Å². The van der Waals surface area contributed by atoms with Gasteiger partial charge in [0.25, 0.3) is 0 Å². The molecule has 0 nitrogen and oxygen atoms in total. The van der Waals surface area contributed by atoms with E-state index in [-0.39, 0.29) is 0 Å². The highest BCUT2D eigenvalue weighted by Gasteiger charge is 1.99. The van der Waals surface area contributed by atoms with Crippen LogP contribution < -0.4 is 0 Å². The van der Waals surface area contributed by atoms with Crippen LogP contribution in [0.4, 0.5) is 0 Å². The Hall–Kier alpha value is -0.270. The fourth-order valence-electron chi connectivity index (χ4n) is 1.62. The second-order valence-electron chi connectivity index (χ2n) is 4.23. The molecule has 0 bridgehead atoms. The van der Waals surface area contributed by atoms with E-state index in [4.69, 9.17) is 12.2 Å². The highest BCUT2D eigenvalue weighted by molar-refractivity contribution is 14.1. The summed E-state index contributed by atoms with van der Waals surface area (Å²) in [6.45, 7) is 2.08. The maximum atomic E-state index is 5.44. The third kappa shape index (κ3) is 4.36. The largest absolute Gasteiger partial charge is 0.0795 e. The molecule has 0 fully saturated rings. The number of allylic oxidation sites excluding steroid dienone is 1. The molecular weight excluding hydrogens is 478 g/mol. The normalized spacial score (nSPS) is 10.9. The average Bonchev–Trinajstić information content (AvgIpc) is 2.38. The third-order valence-corrected chi connectivity index (χ3v) is 4.69. The molecule has 0 aliphatic rings. The summed E-state index contributed by atoms with van der Waals surface area (Å²) >= 11 is 10.1. The summed E-state index contributed by atoms with van der Waals surface area (Å²) in [6.07, 6.45) is 4.09.